The monoisotopic (exact) mass is 197 g/mol. The van der Waals surface area contributed by atoms with Crippen LogP contribution in [0.5, 0.6) is 0 Å². The van der Waals surface area contributed by atoms with E-state index in [0.717, 1.165) is 17.8 Å². The van der Waals surface area contributed by atoms with Crippen molar-refractivity contribution in [1.82, 2.24) is 5.32 Å². The number of rotatable bonds is 2. The fourth-order valence-electron chi connectivity index (χ4n) is 2.92. The van der Waals surface area contributed by atoms with Crippen molar-refractivity contribution >= 4 is 0 Å². The lowest BCUT2D eigenvalue weighted by atomic mass is 9.68. The van der Waals surface area contributed by atoms with Gasteiger partial charge in [0.1, 0.15) is 0 Å². The SMILES string of the molecule is CC(C)CC1CNCCC1C(C)(C)C. The molecule has 2 atom stereocenters. The number of nitrogens with one attached hydrogen (secondary N) is 1. The Kier molecular flexibility index (Phi) is 4.00. The molecule has 1 heteroatoms. The van der Waals surface area contributed by atoms with E-state index < -0.39 is 0 Å². The molecule has 0 aliphatic carbocycles. The minimum atomic E-state index is 0.488. The summed E-state index contributed by atoms with van der Waals surface area (Å²) in [5.41, 5.74) is 0.488. The summed E-state index contributed by atoms with van der Waals surface area (Å²) in [6.07, 6.45) is 2.75. The summed E-state index contributed by atoms with van der Waals surface area (Å²) in [5.74, 6) is 2.64. The molecule has 1 fully saturated rings. The van der Waals surface area contributed by atoms with Crippen molar-refractivity contribution in [2.75, 3.05) is 13.1 Å². The van der Waals surface area contributed by atoms with E-state index in [2.05, 4.69) is 39.9 Å². The molecule has 1 aliphatic heterocycles. The van der Waals surface area contributed by atoms with Crippen LogP contribution in [0.4, 0.5) is 0 Å². The molecule has 1 nitrogen and oxygen atoms in total. The molecule has 1 saturated heterocycles. The lowest BCUT2D eigenvalue weighted by Gasteiger charge is -2.41. The molecule has 0 saturated carbocycles. The second-order valence-corrected chi connectivity index (χ2v) is 6.35. The van der Waals surface area contributed by atoms with Crippen molar-refractivity contribution in [1.29, 1.82) is 0 Å². The Labute approximate surface area is 89.7 Å². The maximum Gasteiger partial charge on any atom is -0.00176 e. The third kappa shape index (κ3) is 3.27. The van der Waals surface area contributed by atoms with Crippen LogP contribution in [-0.4, -0.2) is 13.1 Å². The molecule has 1 N–H and O–H groups in total. The zero-order valence-corrected chi connectivity index (χ0v) is 10.6. The van der Waals surface area contributed by atoms with E-state index in [0.29, 0.717) is 5.41 Å². The normalized spacial score (nSPS) is 29.6. The van der Waals surface area contributed by atoms with Crippen LogP contribution in [0.15, 0.2) is 0 Å². The summed E-state index contributed by atoms with van der Waals surface area (Å²) in [6, 6.07) is 0. The first-order valence-electron chi connectivity index (χ1n) is 6.12. The lowest BCUT2D eigenvalue weighted by molar-refractivity contribution is 0.104. The van der Waals surface area contributed by atoms with Crippen LogP contribution in [0.2, 0.25) is 0 Å². The molecule has 0 aromatic heterocycles. The van der Waals surface area contributed by atoms with Crippen molar-refractivity contribution in [2.45, 2.75) is 47.5 Å². The van der Waals surface area contributed by atoms with Crippen LogP contribution in [0.1, 0.15) is 47.5 Å². The molecule has 0 amide bonds. The molecule has 0 spiro atoms. The van der Waals surface area contributed by atoms with Gasteiger partial charge < -0.3 is 5.32 Å². The minimum Gasteiger partial charge on any atom is -0.316 e. The Morgan fingerprint density at radius 1 is 1.29 bits per heavy atom. The van der Waals surface area contributed by atoms with Gasteiger partial charge in [-0.25, -0.2) is 0 Å². The van der Waals surface area contributed by atoms with Gasteiger partial charge in [0.25, 0.3) is 0 Å². The van der Waals surface area contributed by atoms with Crippen LogP contribution >= 0.6 is 0 Å². The topological polar surface area (TPSA) is 12.0 Å². The van der Waals surface area contributed by atoms with E-state index in [-0.39, 0.29) is 0 Å². The van der Waals surface area contributed by atoms with Crippen LogP contribution in [-0.2, 0) is 0 Å². The quantitative estimate of drug-likeness (QED) is 0.716. The fourth-order valence-corrected chi connectivity index (χ4v) is 2.92. The highest BCUT2D eigenvalue weighted by molar-refractivity contribution is 4.86. The molecule has 1 aliphatic rings. The maximum atomic E-state index is 3.54. The first-order valence-corrected chi connectivity index (χ1v) is 6.12. The van der Waals surface area contributed by atoms with Crippen molar-refractivity contribution in [3.05, 3.63) is 0 Å². The molecule has 0 radical (unpaired) electrons. The predicted molar refractivity (Wildman–Crippen MR) is 63.4 cm³/mol. The molecular weight excluding hydrogens is 170 g/mol. The van der Waals surface area contributed by atoms with Gasteiger partial charge in [-0.2, -0.15) is 0 Å². The third-order valence-corrected chi connectivity index (χ3v) is 3.49. The first kappa shape index (κ1) is 12.0. The first-order chi connectivity index (χ1) is 6.41. The van der Waals surface area contributed by atoms with Crippen molar-refractivity contribution in [2.24, 2.45) is 23.2 Å². The summed E-state index contributed by atoms with van der Waals surface area (Å²) < 4.78 is 0. The summed E-state index contributed by atoms with van der Waals surface area (Å²) in [5, 5.41) is 3.54. The summed E-state index contributed by atoms with van der Waals surface area (Å²) in [6.45, 7) is 14.3. The van der Waals surface area contributed by atoms with Gasteiger partial charge in [-0.05, 0) is 49.1 Å². The van der Waals surface area contributed by atoms with E-state index in [1.165, 1.54) is 25.9 Å². The summed E-state index contributed by atoms with van der Waals surface area (Å²) in [4.78, 5) is 0. The van der Waals surface area contributed by atoms with Gasteiger partial charge in [-0.15, -0.1) is 0 Å². The summed E-state index contributed by atoms with van der Waals surface area (Å²) >= 11 is 0. The third-order valence-electron chi connectivity index (χ3n) is 3.49. The Morgan fingerprint density at radius 2 is 1.93 bits per heavy atom. The highest BCUT2D eigenvalue weighted by atomic mass is 14.9. The van der Waals surface area contributed by atoms with Gasteiger partial charge in [0.2, 0.25) is 0 Å². The van der Waals surface area contributed by atoms with Gasteiger partial charge >= 0.3 is 0 Å². The second kappa shape index (κ2) is 4.65. The van der Waals surface area contributed by atoms with Crippen molar-refractivity contribution in [3.63, 3.8) is 0 Å². The molecule has 1 heterocycles. The van der Waals surface area contributed by atoms with Gasteiger partial charge in [0, 0.05) is 0 Å². The smallest absolute Gasteiger partial charge is 0.00176 e. The van der Waals surface area contributed by atoms with Crippen LogP contribution in [0.3, 0.4) is 0 Å². The van der Waals surface area contributed by atoms with Crippen LogP contribution in [0.25, 0.3) is 0 Å². The predicted octanol–water partition coefficient (Wildman–Crippen LogP) is 3.30. The Hall–Kier alpha value is -0.0400. The average Bonchev–Trinajstić information content (AvgIpc) is 2.01. The van der Waals surface area contributed by atoms with E-state index in [4.69, 9.17) is 0 Å². The molecule has 14 heavy (non-hydrogen) atoms. The molecular formula is C13H27N. The van der Waals surface area contributed by atoms with E-state index >= 15 is 0 Å². The Balaban J connectivity index is 2.59. The number of piperidine rings is 1. The average molecular weight is 197 g/mol. The molecule has 2 unspecified atom stereocenters. The molecule has 0 bridgehead atoms. The van der Waals surface area contributed by atoms with E-state index in [1.807, 2.05) is 0 Å². The minimum absolute atomic E-state index is 0.488. The number of hydrogen-bond donors (Lipinski definition) is 1. The number of hydrogen-bond acceptors (Lipinski definition) is 1. The van der Waals surface area contributed by atoms with Gasteiger partial charge in [-0.1, -0.05) is 34.6 Å². The molecule has 0 aromatic carbocycles. The van der Waals surface area contributed by atoms with Crippen LogP contribution in [0, 0.1) is 23.2 Å². The fraction of sp³-hybridized carbons (Fsp3) is 1.00. The highest BCUT2D eigenvalue weighted by Gasteiger charge is 2.33. The van der Waals surface area contributed by atoms with Gasteiger partial charge in [-0.3, -0.25) is 0 Å². The van der Waals surface area contributed by atoms with Gasteiger partial charge in [0.15, 0.2) is 0 Å². The van der Waals surface area contributed by atoms with Crippen molar-refractivity contribution < 1.29 is 0 Å². The summed E-state index contributed by atoms with van der Waals surface area (Å²) in [7, 11) is 0. The molecule has 0 aromatic rings. The largest absolute Gasteiger partial charge is 0.316 e. The molecule has 1 rings (SSSR count). The van der Waals surface area contributed by atoms with Crippen LogP contribution < -0.4 is 5.32 Å². The maximum absolute atomic E-state index is 3.54. The Bertz CT molecular complexity index is 167. The zero-order chi connectivity index (χ0) is 10.8. The second-order valence-electron chi connectivity index (χ2n) is 6.35. The Morgan fingerprint density at radius 3 is 2.43 bits per heavy atom. The lowest BCUT2D eigenvalue weighted by Crippen LogP contribution is -2.42. The highest BCUT2D eigenvalue weighted by Crippen LogP contribution is 2.38. The van der Waals surface area contributed by atoms with Gasteiger partial charge in [0.05, 0.1) is 0 Å². The molecule has 84 valence electrons. The van der Waals surface area contributed by atoms with Crippen molar-refractivity contribution in [3.8, 4) is 0 Å². The zero-order valence-electron chi connectivity index (χ0n) is 10.6. The standard InChI is InChI=1S/C13H27N/c1-10(2)8-11-9-14-7-6-12(11)13(3,4)5/h10-12,14H,6-9H2,1-5H3. The van der Waals surface area contributed by atoms with E-state index in [9.17, 15) is 0 Å². The van der Waals surface area contributed by atoms with E-state index in [1.54, 1.807) is 0 Å².